The van der Waals surface area contributed by atoms with Crippen LogP contribution in [0.15, 0.2) is 18.2 Å². The second-order valence-electron chi connectivity index (χ2n) is 5.18. The Bertz CT molecular complexity index is 630. The molecule has 2 N–H and O–H groups in total. The molecule has 0 aliphatic carbocycles. The van der Waals surface area contributed by atoms with Crippen LogP contribution in [0.5, 0.6) is 5.75 Å². The smallest absolute Gasteiger partial charge is 0.406 e. The number of anilines is 1. The zero-order valence-electron chi connectivity index (χ0n) is 12.5. The van der Waals surface area contributed by atoms with Crippen LogP contribution < -0.4 is 15.4 Å². The number of nitrogens with zero attached hydrogens (tertiary/aromatic N) is 3. The molecule has 1 amide bonds. The summed E-state index contributed by atoms with van der Waals surface area (Å²) < 4.78 is 40.4. The largest absolute Gasteiger partial charge is 0.573 e. The van der Waals surface area contributed by atoms with Crippen molar-refractivity contribution in [3.63, 3.8) is 0 Å². The maximum Gasteiger partial charge on any atom is 0.573 e. The van der Waals surface area contributed by atoms with Crippen molar-refractivity contribution in [1.29, 1.82) is 0 Å². The summed E-state index contributed by atoms with van der Waals surface area (Å²) in [6.45, 7) is 1.78. The molecule has 0 bridgehead atoms. The summed E-state index contributed by atoms with van der Waals surface area (Å²) in [7, 11) is 0. The highest BCUT2D eigenvalue weighted by molar-refractivity contribution is 5.76. The summed E-state index contributed by atoms with van der Waals surface area (Å²) in [6.07, 6.45) is -4.92. The SMILES string of the molecule is NC(=O)CN1CCN(c2ccc(OC(F)(F)F)cc2[N+](=O)[O-])CC1. The molecule has 0 unspecified atom stereocenters. The lowest BCUT2D eigenvalue weighted by Crippen LogP contribution is -2.49. The maximum absolute atomic E-state index is 12.2. The number of ether oxygens (including phenoxy) is 1. The lowest BCUT2D eigenvalue weighted by atomic mass is 10.2. The molecule has 2 rings (SSSR count). The highest BCUT2D eigenvalue weighted by Crippen LogP contribution is 2.34. The van der Waals surface area contributed by atoms with Crippen molar-refractivity contribution in [3.05, 3.63) is 28.3 Å². The standard InChI is InChI=1S/C13H15F3N4O4/c14-13(15,16)24-9-1-2-10(11(7-9)20(22)23)19-5-3-18(4-6-19)8-12(17)21/h1-2,7H,3-6,8H2,(H2,17,21). The van der Waals surface area contributed by atoms with Gasteiger partial charge in [0.15, 0.2) is 0 Å². The van der Waals surface area contributed by atoms with Gasteiger partial charge in [0.05, 0.1) is 17.5 Å². The molecule has 11 heteroatoms. The molecular weight excluding hydrogens is 333 g/mol. The minimum absolute atomic E-state index is 0.0916. The van der Waals surface area contributed by atoms with E-state index in [9.17, 15) is 28.1 Å². The highest BCUT2D eigenvalue weighted by Gasteiger charge is 2.32. The van der Waals surface area contributed by atoms with Crippen molar-refractivity contribution in [1.82, 2.24) is 4.90 Å². The predicted molar refractivity (Wildman–Crippen MR) is 77.6 cm³/mol. The maximum atomic E-state index is 12.2. The Morgan fingerprint density at radius 3 is 2.42 bits per heavy atom. The molecule has 24 heavy (non-hydrogen) atoms. The number of rotatable bonds is 5. The van der Waals surface area contributed by atoms with Crippen molar-refractivity contribution >= 4 is 17.3 Å². The van der Waals surface area contributed by atoms with Gasteiger partial charge in [0.25, 0.3) is 5.69 Å². The number of carbonyl (C=O) groups excluding carboxylic acids is 1. The van der Waals surface area contributed by atoms with Crippen molar-refractivity contribution in [2.45, 2.75) is 6.36 Å². The van der Waals surface area contributed by atoms with Crippen LogP contribution >= 0.6 is 0 Å². The Kier molecular flexibility index (Phi) is 5.12. The lowest BCUT2D eigenvalue weighted by molar-refractivity contribution is -0.384. The van der Waals surface area contributed by atoms with Crippen LogP contribution in [0.4, 0.5) is 24.5 Å². The van der Waals surface area contributed by atoms with Gasteiger partial charge in [-0.25, -0.2) is 0 Å². The first kappa shape index (κ1) is 17.8. The van der Waals surface area contributed by atoms with E-state index in [2.05, 4.69) is 4.74 Å². The van der Waals surface area contributed by atoms with Crippen LogP contribution in [-0.4, -0.2) is 54.8 Å². The fourth-order valence-electron chi connectivity index (χ4n) is 2.48. The average molecular weight is 348 g/mol. The summed E-state index contributed by atoms with van der Waals surface area (Å²) in [5, 5.41) is 11.2. The Morgan fingerprint density at radius 2 is 1.92 bits per heavy atom. The van der Waals surface area contributed by atoms with Gasteiger partial charge in [0, 0.05) is 26.2 Å². The van der Waals surface area contributed by atoms with Crippen molar-refractivity contribution in [2.75, 3.05) is 37.6 Å². The van der Waals surface area contributed by atoms with Gasteiger partial charge in [-0.1, -0.05) is 0 Å². The zero-order chi connectivity index (χ0) is 17.9. The number of amides is 1. The molecule has 1 aromatic rings. The Hall–Kier alpha value is -2.56. The quantitative estimate of drug-likeness (QED) is 0.631. The van der Waals surface area contributed by atoms with E-state index in [1.165, 1.54) is 6.07 Å². The van der Waals surface area contributed by atoms with E-state index in [1.54, 1.807) is 9.80 Å². The number of hydrogen-bond acceptors (Lipinski definition) is 6. The van der Waals surface area contributed by atoms with E-state index in [-0.39, 0.29) is 12.2 Å². The predicted octanol–water partition coefficient (Wildman–Crippen LogP) is 1.10. The van der Waals surface area contributed by atoms with Gasteiger partial charge in [0.2, 0.25) is 5.91 Å². The number of halogens is 3. The van der Waals surface area contributed by atoms with Gasteiger partial charge in [0.1, 0.15) is 11.4 Å². The summed E-state index contributed by atoms with van der Waals surface area (Å²) in [6, 6.07) is 3.01. The molecule has 1 aliphatic heterocycles. The molecule has 0 radical (unpaired) electrons. The van der Waals surface area contributed by atoms with Gasteiger partial charge in [-0.15, -0.1) is 13.2 Å². The second-order valence-corrected chi connectivity index (χ2v) is 5.18. The molecule has 8 nitrogen and oxygen atoms in total. The monoisotopic (exact) mass is 348 g/mol. The van der Waals surface area contributed by atoms with E-state index in [4.69, 9.17) is 5.73 Å². The van der Waals surface area contributed by atoms with Crippen LogP contribution in [0.3, 0.4) is 0 Å². The third-order valence-corrected chi connectivity index (χ3v) is 3.47. The zero-order valence-corrected chi connectivity index (χ0v) is 12.5. The first-order valence-electron chi connectivity index (χ1n) is 6.95. The first-order valence-corrected chi connectivity index (χ1v) is 6.95. The van der Waals surface area contributed by atoms with Crippen LogP contribution in [0, 0.1) is 10.1 Å². The minimum atomic E-state index is -4.92. The highest BCUT2D eigenvalue weighted by atomic mass is 19.4. The third-order valence-electron chi connectivity index (χ3n) is 3.47. The Labute approximate surface area is 134 Å². The fraction of sp³-hybridized carbons (Fsp3) is 0.462. The number of nitro groups is 1. The van der Waals surface area contributed by atoms with E-state index in [1.807, 2.05) is 0 Å². The van der Waals surface area contributed by atoms with Crippen molar-refractivity contribution < 1.29 is 27.6 Å². The molecule has 0 atom stereocenters. The molecule has 1 heterocycles. The van der Waals surface area contributed by atoms with Crippen molar-refractivity contribution in [2.24, 2.45) is 5.73 Å². The van der Waals surface area contributed by atoms with E-state index < -0.39 is 28.6 Å². The van der Waals surface area contributed by atoms with Gasteiger partial charge in [-0.05, 0) is 12.1 Å². The molecule has 1 saturated heterocycles. The Morgan fingerprint density at radius 1 is 1.29 bits per heavy atom. The molecular formula is C13H15F3N4O4. The minimum Gasteiger partial charge on any atom is -0.406 e. The Balaban J connectivity index is 2.15. The van der Waals surface area contributed by atoms with Crippen LogP contribution in [0.1, 0.15) is 0 Å². The summed E-state index contributed by atoms with van der Waals surface area (Å²) in [4.78, 5) is 24.8. The molecule has 0 aromatic heterocycles. The molecule has 1 aromatic carbocycles. The van der Waals surface area contributed by atoms with E-state index in [0.717, 1.165) is 12.1 Å². The van der Waals surface area contributed by atoms with Crippen LogP contribution in [0.2, 0.25) is 0 Å². The summed E-state index contributed by atoms with van der Waals surface area (Å²) in [5.74, 6) is -1.12. The number of carbonyl (C=O) groups is 1. The number of nitrogens with two attached hydrogens (primary N) is 1. The summed E-state index contributed by atoms with van der Waals surface area (Å²) in [5.41, 5.74) is 4.84. The van der Waals surface area contributed by atoms with Crippen LogP contribution in [-0.2, 0) is 4.79 Å². The number of nitro benzene ring substituents is 1. The number of benzene rings is 1. The number of primary amides is 1. The van der Waals surface area contributed by atoms with E-state index in [0.29, 0.717) is 26.2 Å². The molecule has 0 saturated carbocycles. The molecule has 0 spiro atoms. The van der Waals surface area contributed by atoms with Gasteiger partial charge >= 0.3 is 6.36 Å². The van der Waals surface area contributed by atoms with Crippen LogP contribution in [0.25, 0.3) is 0 Å². The molecule has 1 fully saturated rings. The molecule has 1 aliphatic rings. The third kappa shape index (κ3) is 4.72. The molecule has 132 valence electrons. The number of alkyl halides is 3. The van der Waals surface area contributed by atoms with Gasteiger partial charge < -0.3 is 15.4 Å². The first-order chi connectivity index (χ1) is 11.2. The topological polar surface area (TPSA) is 102 Å². The normalized spacial score (nSPS) is 16.0. The lowest BCUT2D eigenvalue weighted by Gasteiger charge is -2.35. The number of piperazine rings is 1. The number of hydrogen-bond donors (Lipinski definition) is 1. The van der Waals surface area contributed by atoms with E-state index >= 15 is 0 Å². The van der Waals surface area contributed by atoms with Gasteiger partial charge in [-0.3, -0.25) is 19.8 Å². The average Bonchev–Trinajstić information content (AvgIpc) is 2.46. The fourth-order valence-corrected chi connectivity index (χ4v) is 2.48. The summed E-state index contributed by atoms with van der Waals surface area (Å²) >= 11 is 0. The van der Waals surface area contributed by atoms with Gasteiger partial charge in [-0.2, -0.15) is 0 Å². The van der Waals surface area contributed by atoms with Crippen molar-refractivity contribution in [3.8, 4) is 5.75 Å². The second kappa shape index (κ2) is 6.91.